The number of nitrogens with one attached hydrogen (secondary N) is 1. The summed E-state index contributed by atoms with van der Waals surface area (Å²) in [5.41, 5.74) is 6.14. The highest BCUT2D eigenvalue weighted by Gasteiger charge is 2.19. The molecule has 2 rings (SSSR count). The standard InChI is InChI=1S/C11H15N3O2/c12-9-4-1-5-13-11(9)14-10(15)7-8-3-2-6-16-8/h1,4-5,8H,2-3,6-7,12H2,(H,13,14,15). The van der Waals surface area contributed by atoms with Gasteiger partial charge in [-0.2, -0.15) is 0 Å². The van der Waals surface area contributed by atoms with Crippen LogP contribution in [0.3, 0.4) is 0 Å². The summed E-state index contributed by atoms with van der Waals surface area (Å²) < 4.78 is 5.38. The van der Waals surface area contributed by atoms with E-state index >= 15 is 0 Å². The summed E-state index contributed by atoms with van der Waals surface area (Å²) in [5, 5.41) is 2.68. The van der Waals surface area contributed by atoms with Crippen molar-refractivity contribution in [1.29, 1.82) is 0 Å². The molecule has 0 aliphatic carbocycles. The Morgan fingerprint density at radius 3 is 3.25 bits per heavy atom. The molecule has 1 unspecified atom stereocenters. The zero-order chi connectivity index (χ0) is 11.4. The second-order valence-corrected chi connectivity index (χ2v) is 3.83. The number of carbonyl (C=O) groups is 1. The highest BCUT2D eigenvalue weighted by molar-refractivity contribution is 5.92. The van der Waals surface area contributed by atoms with Crippen LogP contribution in [0, 0.1) is 0 Å². The minimum absolute atomic E-state index is 0.0462. The normalized spacial score (nSPS) is 19.6. The Hall–Kier alpha value is -1.62. The lowest BCUT2D eigenvalue weighted by molar-refractivity contribution is -0.118. The summed E-state index contributed by atoms with van der Waals surface area (Å²) in [5.74, 6) is 0.322. The number of anilines is 2. The van der Waals surface area contributed by atoms with Crippen LogP contribution in [-0.4, -0.2) is 23.6 Å². The van der Waals surface area contributed by atoms with E-state index in [-0.39, 0.29) is 12.0 Å². The maximum absolute atomic E-state index is 11.6. The summed E-state index contributed by atoms with van der Waals surface area (Å²) in [7, 11) is 0. The van der Waals surface area contributed by atoms with E-state index in [1.165, 1.54) is 0 Å². The fourth-order valence-electron chi connectivity index (χ4n) is 1.72. The number of hydrogen-bond donors (Lipinski definition) is 2. The number of nitrogen functional groups attached to an aromatic ring is 1. The van der Waals surface area contributed by atoms with Crippen molar-refractivity contribution in [3.05, 3.63) is 18.3 Å². The van der Waals surface area contributed by atoms with Crippen LogP contribution in [0.25, 0.3) is 0 Å². The first-order valence-corrected chi connectivity index (χ1v) is 5.37. The monoisotopic (exact) mass is 221 g/mol. The van der Waals surface area contributed by atoms with Crippen molar-refractivity contribution in [2.45, 2.75) is 25.4 Å². The molecule has 1 aliphatic rings. The summed E-state index contributed by atoms with van der Waals surface area (Å²) in [6.07, 6.45) is 3.99. The van der Waals surface area contributed by atoms with Gasteiger partial charge in [0.2, 0.25) is 5.91 Å². The molecule has 1 amide bonds. The van der Waals surface area contributed by atoms with Crippen LogP contribution >= 0.6 is 0 Å². The van der Waals surface area contributed by atoms with E-state index in [1.807, 2.05) is 0 Å². The van der Waals surface area contributed by atoms with E-state index in [1.54, 1.807) is 18.3 Å². The van der Waals surface area contributed by atoms with Crippen molar-refractivity contribution in [2.24, 2.45) is 0 Å². The minimum atomic E-state index is -0.0997. The Labute approximate surface area is 94.0 Å². The molecular formula is C11H15N3O2. The van der Waals surface area contributed by atoms with Crippen LogP contribution in [0.15, 0.2) is 18.3 Å². The lowest BCUT2D eigenvalue weighted by atomic mass is 10.2. The van der Waals surface area contributed by atoms with Gasteiger partial charge in [-0.15, -0.1) is 0 Å². The number of amides is 1. The van der Waals surface area contributed by atoms with Gasteiger partial charge in [0.05, 0.1) is 18.2 Å². The van der Waals surface area contributed by atoms with E-state index in [0.717, 1.165) is 19.4 Å². The molecule has 1 saturated heterocycles. The fourth-order valence-corrected chi connectivity index (χ4v) is 1.72. The van der Waals surface area contributed by atoms with Crippen LogP contribution in [-0.2, 0) is 9.53 Å². The van der Waals surface area contributed by atoms with Gasteiger partial charge in [-0.3, -0.25) is 4.79 Å². The lowest BCUT2D eigenvalue weighted by Crippen LogP contribution is -2.20. The quantitative estimate of drug-likeness (QED) is 0.803. The number of pyridine rings is 1. The van der Waals surface area contributed by atoms with Crippen LogP contribution < -0.4 is 11.1 Å². The third-order valence-electron chi connectivity index (χ3n) is 2.53. The molecule has 3 N–H and O–H groups in total. The topological polar surface area (TPSA) is 77.2 Å². The molecule has 0 aromatic carbocycles. The highest BCUT2D eigenvalue weighted by atomic mass is 16.5. The second-order valence-electron chi connectivity index (χ2n) is 3.83. The summed E-state index contributed by atoms with van der Waals surface area (Å²) in [6, 6.07) is 3.43. The molecule has 0 spiro atoms. The van der Waals surface area contributed by atoms with Crippen molar-refractivity contribution in [3.63, 3.8) is 0 Å². The molecule has 16 heavy (non-hydrogen) atoms. The SMILES string of the molecule is Nc1cccnc1NC(=O)CC1CCCO1. The van der Waals surface area contributed by atoms with E-state index in [0.29, 0.717) is 17.9 Å². The Morgan fingerprint density at radius 2 is 2.56 bits per heavy atom. The van der Waals surface area contributed by atoms with Crippen molar-refractivity contribution < 1.29 is 9.53 Å². The summed E-state index contributed by atoms with van der Waals surface area (Å²) in [4.78, 5) is 15.6. The van der Waals surface area contributed by atoms with Crippen molar-refractivity contribution in [1.82, 2.24) is 4.98 Å². The van der Waals surface area contributed by atoms with E-state index in [4.69, 9.17) is 10.5 Å². The number of ether oxygens (including phenoxy) is 1. The maximum Gasteiger partial charge on any atom is 0.228 e. The number of carbonyl (C=O) groups excluding carboxylic acids is 1. The second kappa shape index (κ2) is 4.94. The molecule has 5 heteroatoms. The van der Waals surface area contributed by atoms with Gasteiger partial charge in [0.1, 0.15) is 0 Å². The van der Waals surface area contributed by atoms with E-state index in [2.05, 4.69) is 10.3 Å². The zero-order valence-electron chi connectivity index (χ0n) is 8.98. The molecule has 1 fully saturated rings. The number of aromatic nitrogens is 1. The van der Waals surface area contributed by atoms with Crippen LogP contribution in [0.1, 0.15) is 19.3 Å². The zero-order valence-corrected chi connectivity index (χ0v) is 8.98. The van der Waals surface area contributed by atoms with Gasteiger partial charge < -0.3 is 15.8 Å². The number of nitrogens with zero attached hydrogens (tertiary/aromatic N) is 1. The third kappa shape index (κ3) is 2.70. The average Bonchev–Trinajstić information content (AvgIpc) is 2.74. The van der Waals surface area contributed by atoms with Crippen LogP contribution in [0.4, 0.5) is 11.5 Å². The number of hydrogen-bond acceptors (Lipinski definition) is 4. The van der Waals surface area contributed by atoms with Gasteiger partial charge in [-0.25, -0.2) is 4.98 Å². The lowest BCUT2D eigenvalue weighted by Gasteiger charge is -2.10. The molecule has 86 valence electrons. The number of rotatable bonds is 3. The maximum atomic E-state index is 11.6. The minimum Gasteiger partial charge on any atom is -0.396 e. The van der Waals surface area contributed by atoms with E-state index in [9.17, 15) is 4.79 Å². The highest BCUT2D eigenvalue weighted by Crippen LogP contribution is 2.17. The van der Waals surface area contributed by atoms with Gasteiger partial charge in [-0.1, -0.05) is 0 Å². The first kappa shape index (κ1) is 10.9. The van der Waals surface area contributed by atoms with Crippen LogP contribution in [0.5, 0.6) is 0 Å². The Morgan fingerprint density at radius 1 is 1.69 bits per heavy atom. The van der Waals surface area contributed by atoms with Crippen molar-refractivity contribution in [2.75, 3.05) is 17.7 Å². The number of nitrogens with two attached hydrogens (primary N) is 1. The predicted octanol–water partition coefficient (Wildman–Crippen LogP) is 1.17. The molecule has 0 radical (unpaired) electrons. The Bertz CT molecular complexity index is 375. The van der Waals surface area contributed by atoms with Gasteiger partial charge in [0, 0.05) is 12.8 Å². The Balaban J connectivity index is 1.89. The predicted molar refractivity (Wildman–Crippen MR) is 60.9 cm³/mol. The van der Waals surface area contributed by atoms with Gasteiger partial charge in [0.25, 0.3) is 0 Å². The first-order valence-electron chi connectivity index (χ1n) is 5.37. The van der Waals surface area contributed by atoms with E-state index < -0.39 is 0 Å². The molecule has 5 nitrogen and oxygen atoms in total. The smallest absolute Gasteiger partial charge is 0.228 e. The van der Waals surface area contributed by atoms with Crippen molar-refractivity contribution >= 4 is 17.4 Å². The van der Waals surface area contributed by atoms with Gasteiger partial charge in [0.15, 0.2) is 5.82 Å². The first-order chi connectivity index (χ1) is 7.75. The average molecular weight is 221 g/mol. The van der Waals surface area contributed by atoms with Gasteiger partial charge in [-0.05, 0) is 25.0 Å². The summed E-state index contributed by atoms with van der Waals surface area (Å²) >= 11 is 0. The largest absolute Gasteiger partial charge is 0.396 e. The molecule has 1 aliphatic heterocycles. The van der Waals surface area contributed by atoms with Crippen molar-refractivity contribution in [3.8, 4) is 0 Å². The molecule has 2 heterocycles. The molecule has 0 saturated carbocycles. The van der Waals surface area contributed by atoms with Gasteiger partial charge >= 0.3 is 0 Å². The molecule has 1 aromatic heterocycles. The van der Waals surface area contributed by atoms with Crippen LogP contribution in [0.2, 0.25) is 0 Å². The molecule has 0 bridgehead atoms. The third-order valence-corrected chi connectivity index (χ3v) is 2.53. The molecule has 1 aromatic rings. The molecular weight excluding hydrogens is 206 g/mol. The fraction of sp³-hybridized carbons (Fsp3) is 0.455. The molecule has 1 atom stereocenters. The Kier molecular flexibility index (Phi) is 3.36. The summed E-state index contributed by atoms with van der Waals surface area (Å²) in [6.45, 7) is 0.754.